The summed E-state index contributed by atoms with van der Waals surface area (Å²) in [5.41, 5.74) is 2.41. The van der Waals surface area contributed by atoms with E-state index in [1.54, 1.807) is 23.0 Å². The lowest BCUT2D eigenvalue weighted by Gasteiger charge is -2.30. The van der Waals surface area contributed by atoms with Gasteiger partial charge < -0.3 is 5.32 Å². The minimum absolute atomic E-state index is 0.00865. The fraction of sp³-hybridized carbons (Fsp3) is 0.273. The van der Waals surface area contributed by atoms with Crippen LogP contribution in [-0.4, -0.2) is 27.2 Å². The highest BCUT2D eigenvalue weighted by Crippen LogP contribution is 2.40. The molecule has 1 aliphatic carbocycles. The standard InChI is InChI=1S/C22H22N4O3/c27-21(23-16-22(12-4-5-13-22)18-6-2-1-3-7-18)17-14-24-25(15-17)19-8-10-20(11-9-19)26(28)29/h1-3,6-11,14-15H,4-5,12-13,16H2,(H,23,27). The van der Waals surface area contributed by atoms with Gasteiger partial charge in [0.2, 0.25) is 0 Å². The molecule has 1 saturated carbocycles. The molecule has 1 aromatic heterocycles. The van der Waals surface area contributed by atoms with E-state index < -0.39 is 4.92 Å². The number of amides is 1. The molecule has 1 N–H and O–H groups in total. The topological polar surface area (TPSA) is 90.1 Å². The molecule has 1 fully saturated rings. The third kappa shape index (κ3) is 3.89. The lowest BCUT2D eigenvalue weighted by molar-refractivity contribution is -0.384. The Hall–Kier alpha value is -3.48. The summed E-state index contributed by atoms with van der Waals surface area (Å²) < 4.78 is 1.54. The molecule has 0 spiro atoms. The van der Waals surface area contributed by atoms with Gasteiger partial charge in [-0.25, -0.2) is 4.68 Å². The molecule has 1 aliphatic rings. The number of hydrogen-bond acceptors (Lipinski definition) is 4. The second kappa shape index (κ2) is 7.87. The van der Waals surface area contributed by atoms with Crippen molar-refractivity contribution in [2.24, 2.45) is 0 Å². The van der Waals surface area contributed by atoms with Crippen molar-refractivity contribution in [2.45, 2.75) is 31.1 Å². The highest BCUT2D eigenvalue weighted by molar-refractivity contribution is 5.93. The summed E-state index contributed by atoms with van der Waals surface area (Å²) >= 11 is 0. The zero-order valence-electron chi connectivity index (χ0n) is 16.0. The van der Waals surface area contributed by atoms with E-state index in [1.165, 1.54) is 36.7 Å². The van der Waals surface area contributed by atoms with E-state index in [1.807, 2.05) is 18.2 Å². The first-order valence-corrected chi connectivity index (χ1v) is 9.71. The average Bonchev–Trinajstić information content (AvgIpc) is 3.44. The van der Waals surface area contributed by atoms with Gasteiger partial charge in [-0.15, -0.1) is 0 Å². The molecule has 7 nitrogen and oxygen atoms in total. The summed E-state index contributed by atoms with van der Waals surface area (Å²) in [4.78, 5) is 23.0. The number of nitrogens with zero attached hydrogens (tertiary/aromatic N) is 3. The van der Waals surface area contributed by atoms with E-state index >= 15 is 0 Å². The number of nitrogens with one attached hydrogen (secondary N) is 1. The molecule has 0 saturated heterocycles. The molecular formula is C22H22N4O3. The van der Waals surface area contributed by atoms with E-state index in [0.717, 1.165) is 12.8 Å². The Bertz CT molecular complexity index is 1010. The van der Waals surface area contributed by atoms with Gasteiger partial charge in [0.25, 0.3) is 11.6 Å². The number of benzene rings is 2. The minimum atomic E-state index is -0.447. The molecule has 4 rings (SSSR count). The molecule has 0 radical (unpaired) electrons. The van der Waals surface area contributed by atoms with Gasteiger partial charge in [0, 0.05) is 30.3 Å². The number of aromatic nitrogens is 2. The van der Waals surface area contributed by atoms with Crippen LogP contribution in [-0.2, 0) is 5.41 Å². The van der Waals surface area contributed by atoms with E-state index in [-0.39, 0.29) is 17.0 Å². The van der Waals surface area contributed by atoms with Crippen LogP contribution in [0.3, 0.4) is 0 Å². The quantitative estimate of drug-likeness (QED) is 0.508. The molecule has 1 amide bonds. The van der Waals surface area contributed by atoms with Crippen molar-refractivity contribution in [1.82, 2.24) is 15.1 Å². The third-order valence-electron chi connectivity index (χ3n) is 5.70. The number of nitro groups is 1. The summed E-state index contributed by atoms with van der Waals surface area (Å²) in [6, 6.07) is 16.4. The predicted molar refractivity (Wildman–Crippen MR) is 109 cm³/mol. The zero-order valence-corrected chi connectivity index (χ0v) is 16.0. The van der Waals surface area contributed by atoms with E-state index in [0.29, 0.717) is 17.8 Å². The SMILES string of the molecule is O=C(NCC1(c2ccccc2)CCCC1)c1cnn(-c2ccc([N+](=O)[O-])cc2)c1. The fourth-order valence-corrected chi connectivity index (χ4v) is 4.07. The number of non-ortho nitro benzene ring substituents is 1. The van der Waals surface area contributed by atoms with Crippen molar-refractivity contribution < 1.29 is 9.72 Å². The van der Waals surface area contributed by atoms with E-state index in [9.17, 15) is 14.9 Å². The van der Waals surface area contributed by atoms with Crippen LogP contribution in [0.25, 0.3) is 5.69 Å². The Morgan fingerprint density at radius 2 is 1.79 bits per heavy atom. The Morgan fingerprint density at radius 1 is 1.10 bits per heavy atom. The van der Waals surface area contributed by atoms with Gasteiger partial charge in [-0.3, -0.25) is 14.9 Å². The monoisotopic (exact) mass is 390 g/mol. The molecular weight excluding hydrogens is 368 g/mol. The first kappa shape index (κ1) is 18.9. The molecule has 2 aromatic carbocycles. The number of carbonyl (C=O) groups excluding carboxylic acids is 1. The maximum Gasteiger partial charge on any atom is 0.269 e. The van der Waals surface area contributed by atoms with Gasteiger partial charge in [0.1, 0.15) is 0 Å². The molecule has 29 heavy (non-hydrogen) atoms. The van der Waals surface area contributed by atoms with Crippen LogP contribution in [0.4, 0.5) is 5.69 Å². The number of nitro benzene ring substituents is 1. The molecule has 7 heteroatoms. The van der Waals surface area contributed by atoms with Crippen molar-refractivity contribution in [3.63, 3.8) is 0 Å². The summed E-state index contributed by atoms with van der Waals surface area (Å²) in [7, 11) is 0. The number of carbonyl (C=O) groups is 1. The van der Waals surface area contributed by atoms with Crippen molar-refractivity contribution in [1.29, 1.82) is 0 Å². The van der Waals surface area contributed by atoms with E-state index in [4.69, 9.17) is 0 Å². The Morgan fingerprint density at radius 3 is 2.45 bits per heavy atom. The Kier molecular flexibility index (Phi) is 5.12. The fourth-order valence-electron chi connectivity index (χ4n) is 4.07. The first-order valence-electron chi connectivity index (χ1n) is 9.71. The van der Waals surface area contributed by atoms with Crippen LogP contribution in [0.5, 0.6) is 0 Å². The first-order chi connectivity index (χ1) is 14.1. The van der Waals surface area contributed by atoms with Gasteiger partial charge in [0.05, 0.1) is 22.4 Å². The molecule has 0 aliphatic heterocycles. The van der Waals surface area contributed by atoms with Crippen LogP contribution < -0.4 is 5.32 Å². The summed E-state index contributed by atoms with van der Waals surface area (Å²) in [6.45, 7) is 0.596. The maximum atomic E-state index is 12.7. The summed E-state index contributed by atoms with van der Waals surface area (Å²) in [5, 5.41) is 18.1. The number of hydrogen-bond donors (Lipinski definition) is 1. The normalized spacial score (nSPS) is 15.2. The van der Waals surface area contributed by atoms with Crippen molar-refractivity contribution in [2.75, 3.05) is 6.54 Å². The Labute approximate surface area is 168 Å². The van der Waals surface area contributed by atoms with Gasteiger partial charge in [0.15, 0.2) is 0 Å². The van der Waals surface area contributed by atoms with Gasteiger partial charge in [-0.2, -0.15) is 5.10 Å². The van der Waals surface area contributed by atoms with Crippen LogP contribution in [0.1, 0.15) is 41.6 Å². The van der Waals surface area contributed by atoms with Gasteiger partial charge in [-0.1, -0.05) is 43.2 Å². The highest BCUT2D eigenvalue weighted by atomic mass is 16.6. The molecule has 0 unspecified atom stereocenters. The average molecular weight is 390 g/mol. The van der Waals surface area contributed by atoms with Gasteiger partial charge in [-0.05, 0) is 30.5 Å². The smallest absolute Gasteiger partial charge is 0.269 e. The van der Waals surface area contributed by atoms with E-state index in [2.05, 4.69) is 22.5 Å². The lowest BCUT2D eigenvalue weighted by Crippen LogP contribution is -2.38. The van der Waals surface area contributed by atoms with Crippen molar-refractivity contribution in [3.05, 3.63) is 88.2 Å². The van der Waals surface area contributed by atoms with Crippen LogP contribution in [0.2, 0.25) is 0 Å². The lowest BCUT2D eigenvalue weighted by atomic mass is 9.79. The molecule has 3 aromatic rings. The summed E-state index contributed by atoms with van der Waals surface area (Å²) in [6.07, 6.45) is 7.63. The second-order valence-corrected chi connectivity index (χ2v) is 7.48. The summed E-state index contributed by atoms with van der Waals surface area (Å²) in [5.74, 6) is -0.166. The highest BCUT2D eigenvalue weighted by Gasteiger charge is 2.35. The van der Waals surface area contributed by atoms with Crippen molar-refractivity contribution in [3.8, 4) is 5.69 Å². The third-order valence-corrected chi connectivity index (χ3v) is 5.70. The molecule has 148 valence electrons. The largest absolute Gasteiger partial charge is 0.351 e. The molecule has 1 heterocycles. The Balaban J connectivity index is 1.46. The predicted octanol–water partition coefficient (Wildman–Crippen LogP) is 4.02. The molecule has 0 atom stereocenters. The van der Waals surface area contributed by atoms with Crippen molar-refractivity contribution >= 4 is 11.6 Å². The maximum absolute atomic E-state index is 12.7. The second-order valence-electron chi connectivity index (χ2n) is 7.48. The van der Waals surface area contributed by atoms with Crippen LogP contribution in [0, 0.1) is 10.1 Å². The number of rotatable bonds is 6. The molecule has 0 bridgehead atoms. The van der Waals surface area contributed by atoms with Crippen LogP contribution >= 0.6 is 0 Å². The zero-order chi connectivity index (χ0) is 20.3. The van der Waals surface area contributed by atoms with Gasteiger partial charge >= 0.3 is 0 Å². The van der Waals surface area contributed by atoms with Crippen LogP contribution in [0.15, 0.2) is 67.0 Å². The minimum Gasteiger partial charge on any atom is -0.351 e.